The molecule has 18 N–H and O–H groups in total. The quantitative estimate of drug-likeness (QED) is 0.104. The summed E-state index contributed by atoms with van der Waals surface area (Å²) in [6.45, 7) is 0.191. The van der Waals surface area contributed by atoms with Crippen LogP contribution in [0.15, 0.2) is 0 Å². The first-order valence-corrected chi connectivity index (χ1v) is 14.8. The van der Waals surface area contributed by atoms with Gasteiger partial charge in [-0.3, -0.25) is 4.79 Å². The first-order valence-electron chi connectivity index (χ1n) is 14.8. The molecule has 3 saturated heterocycles. The molecule has 4 fully saturated rings. The van der Waals surface area contributed by atoms with Gasteiger partial charge in [0.05, 0.1) is 30.8 Å². The lowest BCUT2D eigenvalue weighted by molar-refractivity contribution is -0.308. The van der Waals surface area contributed by atoms with Crippen molar-refractivity contribution in [2.24, 2.45) is 28.7 Å². The number of hydrogen-bond acceptors (Lipinski definition) is 19. The molecule has 0 spiro atoms. The molecule has 45 heavy (non-hydrogen) atoms. The Morgan fingerprint density at radius 3 is 1.62 bits per heavy atom. The molecule has 3 heterocycles. The van der Waals surface area contributed by atoms with Gasteiger partial charge in [0.25, 0.3) is 0 Å². The minimum absolute atomic E-state index is 0.00516. The fraction of sp³-hybridized carbons (Fsp3) is 0.960. The number of rotatable bonds is 10. The van der Waals surface area contributed by atoms with E-state index in [9.17, 15) is 40.5 Å². The highest BCUT2D eigenvalue weighted by molar-refractivity contribution is 5.73. The van der Waals surface area contributed by atoms with Gasteiger partial charge < -0.3 is 98.2 Å². The number of nitrogens with one attached hydrogen (secondary N) is 1. The van der Waals surface area contributed by atoms with Gasteiger partial charge in [-0.15, -0.1) is 0 Å². The highest BCUT2D eigenvalue weighted by Crippen LogP contribution is 2.34. The Hall–Kier alpha value is -1.25. The van der Waals surface area contributed by atoms with Gasteiger partial charge in [-0.2, -0.15) is 0 Å². The monoisotopic (exact) mass is 656 g/mol. The van der Waals surface area contributed by atoms with Crippen molar-refractivity contribution in [3.63, 3.8) is 0 Å². The summed E-state index contributed by atoms with van der Waals surface area (Å²) in [6.07, 6.45) is -20.7. The van der Waals surface area contributed by atoms with Crippen LogP contribution < -0.4 is 34.0 Å². The lowest BCUT2D eigenvalue weighted by Gasteiger charge is -2.48. The number of aliphatic hydroxyl groups is 7. The molecule has 1 amide bonds. The van der Waals surface area contributed by atoms with E-state index in [1.54, 1.807) is 0 Å². The summed E-state index contributed by atoms with van der Waals surface area (Å²) >= 11 is 0. The predicted octanol–water partition coefficient (Wildman–Crippen LogP) is -8.72. The summed E-state index contributed by atoms with van der Waals surface area (Å²) in [7, 11) is 0. The van der Waals surface area contributed by atoms with Gasteiger partial charge >= 0.3 is 0 Å². The lowest BCUT2D eigenvalue weighted by Crippen LogP contribution is -2.69. The number of amides is 1. The molecule has 1 unspecified atom stereocenters. The molecule has 262 valence electrons. The number of hydrogen-bond donors (Lipinski definition) is 13. The van der Waals surface area contributed by atoms with E-state index in [4.69, 9.17) is 57.1 Å². The van der Waals surface area contributed by atoms with Gasteiger partial charge in [0, 0.05) is 26.1 Å². The zero-order valence-electron chi connectivity index (χ0n) is 24.7. The Morgan fingerprint density at radius 2 is 1.16 bits per heavy atom. The number of ether oxygens (including phenoxy) is 6. The highest BCUT2D eigenvalue weighted by atomic mass is 16.8. The predicted molar refractivity (Wildman–Crippen MR) is 148 cm³/mol. The molecule has 3 aliphatic heterocycles. The average molecular weight is 657 g/mol. The molecule has 0 aromatic heterocycles. The summed E-state index contributed by atoms with van der Waals surface area (Å²) < 4.78 is 34.9. The molecule has 0 bridgehead atoms. The van der Waals surface area contributed by atoms with Crippen molar-refractivity contribution < 1.29 is 69.0 Å². The Morgan fingerprint density at radius 1 is 0.689 bits per heavy atom. The van der Waals surface area contributed by atoms with Gasteiger partial charge in [0.15, 0.2) is 18.9 Å². The average Bonchev–Trinajstić information content (AvgIpc) is 3.30. The zero-order chi connectivity index (χ0) is 33.3. The molecule has 1 saturated carbocycles. The second kappa shape index (κ2) is 15.3. The summed E-state index contributed by atoms with van der Waals surface area (Å²) in [6, 6.07) is -4.43. The molecule has 20 nitrogen and oxygen atoms in total. The van der Waals surface area contributed by atoms with E-state index in [0.29, 0.717) is 0 Å². The van der Waals surface area contributed by atoms with Crippen molar-refractivity contribution in [3.05, 3.63) is 0 Å². The van der Waals surface area contributed by atoms with Crippen molar-refractivity contribution in [2.45, 2.75) is 130 Å². The fourth-order valence-electron chi connectivity index (χ4n) is 6.10. The summed E-state index contributed by atoms with van der Waals surface area (Å²) in [5, 5.41) is 76.3. The Kier molecular flexibility index (Phi) is 12.5. The van der Waals surface area contributed by atoms with E-state index in [1.807, 2.05) is 0 Å². The van der Waals surface area contributed by atoms with Crippen molar-refractivity contribution in [1.82, 2.24) is 5.32 Å². The van der Waals surface area contributed by atoms with Crippen LogP contribution in [-0.2, 0) is 33.2 Å². The molecular formula is C25H48N6O14. The van der Waals surface area contributed by atoms with E-state index in [2.05, 4.69) is 5.32 Å². The Balaban J connectivity index is 1.56. The maximum absolute atomic E-state index is 12.1. The smallest absolute Gasteiger partial charge is 0.217 e. The Bertz CT molecular complexity index is 973. The highest BCUT2D eigenvalue weighted by Gasteiger charge is 2.55. The molecule has 0 aromatic carbocycles. The van der Waals surface area contributed by atoms with Crippen LogP contribution in [0.4, 0.5) is 0 Å². The van der Waals surface area contributed by atoms with E-state index in [-0.39, 0.29) is 19.5 Å². The second-order valence-electron chi connectivity index (χ2n) is 11.9. The second-order valence-corrected chi connectivity index (χ2v) is 11.9. The molecular weight excluding hydrogens is 608 g/mol. The van der Waals surface area contributed by atoms with Gasteiger partial charge in [-0.05, 0) is 6.42 Å². The first kappa shape index (κ1) is 36.6. The van der Waals surface area contributed by atoms with Crippen LogP contribution in [0.1, 0.15) is 13.3 Å². The van der Waals surface area contributed by atoms with Crippen LogP contribution in [0.3, 0.4) is 0 Å². The summed E-state index contributed by atoms with van der Waals surface area (Å²) in [4.78, 5) is 12.1. The molecule has 20 heteroatoms. The van der Waals surface area contributed by atoms with E-state index in [1.165, 1.54) is 6.92 Å². The zero-order valence-corrected chi connectivity index (χ0v) is 24.7. The summed E-state index contributed by atoms with van der Waals surface area (Å²) in [5.74, 6) is -0.474. The molecule has 4 aliphatic rings. The fourth-order valence-corrected chi connectivity index (χ4v) is 6.10. The Labute approximate surface area is 258 Å². The topological polar surface area (TPSA) is 356 Å². The van der Waals surface area contributed by atoms with Crippen LogP contribution in [0.25, 0.3) is 0 Å². The minimum Gasteiger partial charge on any atom is -0.394 e. The van der Waals surface area contributed by atoms with E-state index >= 15 is 0 Å². The van der Waals surface area contributed by atoms with Gasteiger partial charge in [0.1, 0.15) is 67.1 Å². The maximum atomic E-state index is 12.1. The SMILES string of the molecule is CC(=O)N[C@H]1C[C@@H](N)[C@H](O)[C@@H](O[C@@H]2O[C@H](CO)[C@@H](OC3O[C@@H](CN)[C@@H](O)[C@H](O)[C@H]3N)[C@H]2O)[C@@H]1O[C@H]1O[C@H](CN)[C@@H](O)[C@H](O)[C@H]1N. The van der Waals surface area contributed by atoms with Crippen LogP contribution in [0.5, 0.6) is 0 Å². The standard InChI is InChI=1S/C25H48N6O14/c1-6(33)31-8-2-7(28)14(34)22(20(8)43-23-12(29)17(37)15(35)9(3-26)40-23)45-25-19(39)21(11(5-32)42-25)44-24-13(30)18(38)16(36)10(4-27)41-24/h7-25,32,34-39H,2-5,26-30H2,1H3,(H,31,33)/t7-,8+,9-,10+,11-,12-,13-,14+,15-,16-,17-,18-,19-,20-,21-,22-,23-,24?,25+/m1/s1. The van der Waals surface area contributed by atoms with Gasteiger partial charge in [-0.25, -0.2) is 0 Å². The summed E-state index contributed by atoms with van der Waals surface area (Å²) in [5.41, 5.74) is 29.6. The third-order valence-corrected chi connectivity index (χ3v) is 8.72. The number of aliphatic hydroxyl groups excluding tert-OH is 7. The largest absolute Gasteiger partial charge is 0.394 e. The van der Waals surface area contributed by atoms with Crippen LogP contribution in [0, 0.1) is 0 Å². The maximum Gasteiger partial charge on any atom is 0.217 e. The van der Waals surface area contributed by atoms with Crippen molar-refractivity contribution >= 4 is 5.91 Å². The van der Waals surface area contributed by atoms with Crippen molar-refractivity contribution in [1.29, 1.82) is 0 Å². The molecule has 19 atom stereocenters. The molecule has 0 aromatic rings. The van der Waals surface area contributed by atoms with Gasteiger partial charge in [0.2, 0.25) is 5.91 Å². The van der Waals surface area contributed by atoms with E-state index < -0.39 is 129 Å². The van der Waals surface area contributed by atoms with E-state index in [0.717, 1.165) is 0 Å². The molecule has 1 aliphatic carbocycles. The van der Waals surface area contributed by atoms with Crippen LogP contribution in [0.2, 0.25) is 0 Å². The van der Waals surface area contributed by atoms with Crippen molar-refractivity contribution in [3.8, 4) is 0 Å². The third-order valence-electron chi connectivity index (χ3n) is 8.72. The third kappa shape index (κ3) is 7.58. The van der Waals surface area contributed by atoms with Crippen molar-refractivity contribution in [2.75, 3.05) is 19.7 Å². The molecule has 0 radical (unpaired) electrons. The van der Waals surface area contributed by atoms with Crippen LogP contribution >= 0.6 is 0 Å². The number of carbonyl (C=O) groups excluding carboxylic acids is 1. The lowest BCUT2D eigenvalue weighted by atomic mass is 9.83. The minimum atomic E-state index is -1.66. The normalized spacial score (nSPS) is 50.8. The number of carbonyl (C=O) groups is 1. The van der Waals surface area contributed by atoms with Crippen LogP contribution in [-0.4, -0.2) is 178 Å². The first-order chi connectivity index (χ1) is 21.2. The van der Waals surface area contributed by atoms with Gasteiger partial charge in [-0.1, -0.05) is 0 Å². The number of nitrogens with two attached hydrogens (primary N) is 5. The molecule has 4 rings (SSSR count).